The Morgan fingerprint density at radius 1 is 0.268 bits per heavy atom. The van der Waals surface area contributed by atoms with Gasteiger partial charge in [-0.3, -0.25) is 0 Å². The highest BCUT2D eigenvalue weighted by Gasteiger charge is 2.26. The highest BCUT2D eigenvalue weighted by molar-refractivity contribution is 6.29. The van der Waals surface area contributed by atoms with E-state index in [1.165, 1.54) is 60.0 Å². The largest absolute Gasteiger partial charge is 0.456 e. The van der Waals surface area contributed by atoms with E-state index in [1.807, 2.05) is 0 Å². The van der Waals surface area contributed by atoms with Crippen LogP contribution in [0.2, 0.25) is 0 Å². The van der Waals surface area contributed by atoms with Crippen molar-refractivity contribution in [3.63, 3.8) is 0 Å². The molecule has 0 radical (unpaired) electrons. The average Bonchev–Trinajstić information content (AvgIpc) is 3.84. The molecule has 14 rings (SSSR count). The molecule has 71 heavy (non-hydrogen) atoms. The van der Waals surface area contributed by atoms with E-state index in [9.17, 15) is 0 Å². The van der Waals surface area contributed by atoms with Crippen LogP contribution in [0.1, 0.15) is 0 Å². The van der Waals surface area contributed by atoms with Gasteiger partial charge in [-0.25, -0.2) is 0 Å². The van der Waals surface area contributed by atoms with E-state index in [0.29, 0.717) is 0 Å². The zero-order valence-electron chi connectivity index (χ0n) is 38.7. The van der Waals surface area contributed by atoms with E-state index < -0.39 is 0 Å². The van der Waals surface area contributed by atoms with Gasteiger partial charge < -0.3 is 14.2 Å². The number of anilines is 6. The predicted molar refractivity (Wildman–Crippen MR) is 301 cm³/mol. The summed E-state index contributed by atoms with van der Waals surface area (Å²) in [7, 11) is 0. The average molecular weight is 905 g/mol. The van der Waals surface area contributed by atoms with Crippen molar-refractivity contribution in [1.29, 1.82) is 0 Å². The smallest absolute Gasteiger partial charge is 0.138 e. The molecule has 3 nitrogen and oxygen atoms in total. The highest BCUT2D eigenvalue weighted by Crippen LogP contribution is 2.52. The summed E-state index contributed by atoms with van der Waals surface area (Å²) in [6.45, 7) is 0. The summed E-state index contributed by atoms with van der Waals surface area (Å²) in [4.78, 5) is 4.87. The molecule has 0 atom stereocenters. The summed E-state index contributed by atoms with van der Waals surface area (Å²) in [5, 5.41) is 14.0. The third kappa shape index (κ3) is 6.59. The molecule has 0 aliphatic rings. The van der Waals surface area contributed by atoms with E-state index in [4.69, 9.17) is 4.42 Å². The summed E-state index contributed by atoms with van der Waals surface area (Å²) in [5.74, 6) is 0. The monoisotopic (exact) mass is 904 g/mol. The van der Waals surface area contributed by atoms with Gasteiger partial charge in [0.15, 0.2) is 0 Å². The lowest BCUT2D eigenvalue weighted by Gasteiger charge is -2.30. The molecule has 1 aromatic heterocycles. The molecule has 13 aromatic carbocycles. The Labute approximate surface area is 411 Å². The van der Waals surface area contributed by atoms with Crippen molar-refractivity contribution in [1.82, 2.24) is 0 Å². The van der Waals surface area contributed by atoms with Gasteiger partial charge in [-0.15, -0.1) is 0 Å². The molecule has 0 amide bonds. The molecule has 332 valence electrons. The zero-order chi connectivity index (χ0) is 46.8. The van der Waals surface area contributed by atoms with Gasteiger partial charge in [-0.05, 0) is 103 Å². The van der Waals surface area contributed by atoms with Gasteiger partial charge in [0.05, 0.1) is 17.1 Å². The number of furan rings is 1. The van der Waals surface area contributed by atoms with Gasteiger partial charge in [0, 0.05) is 55.4 Å². The lowest BCUT2D eigenvalue weighted by atomic mass is 9.87. The molecule has 1 heterocycles. The fourth-order valence-electron chi connectivity index (χ4n) is 11.3. The fraction of sp³-hybridized carbons (Fsp3) is 0. The van der Waals surface area contributed by atoms with Crippen molar-refractivity contribution in [2.24, 2.45) is 0 Å². The van der Waals surface area contributed by atoms with Crippen LogP contribution in [0, 0.1) is 0 Å². The molecule has 0 unspecified atom stereocenters. The Morgan fingerprint density at radius 2 is 0.732 bits per heavy atom. The van der Waals surface area contributed by atoms with Crippen LogP contribution in [0.4, 0.5) is 34.1 Å². The number of benzene rings is 13. The summed E-state index contributed by atoms with van der Waals surface area (Å²) in [6, 6.07) is 96.7. The molecule has 0 N–H and O–H groups in total. The van der Waals surface area contributed by atoms with Gasteiger partial charge in [-0.1, -0.05) is 212 Å². The Kier molecular flexibility index (Phi) is 9.53. The number of para-hydroxylation sites is 2. The van der Waals surface area contributed by atoms with Crippen LogP contribution in [-0.4, -0.2) is 0 Å². The maximum absolute atomic E-state index is 6.85. The Hall–Kier alpha value is -9.44. The van der Waals surface area contributed by atoms with E-state index in [2.05, 4.69) is 277 Å². The molecule has 3 heteroatoms. The summed E-state index contributed by atoms with van der Waals surface area (Å²) >= 11 is 0. The minimum atomic E-state index is 0.863. The molecule has 14 aromatic rings. The van der Waals surface area contributed by atoms with Gasteiger partial charge in [0.1, 0.15) is 11.2 Å². The van der Waals surface area contributed by atoms with Crippen LogP contribution >= 0.6 is 0 Å². The third-order valence-corrected chi connectivity index (χ3v) is 14.4. The van der Waals surface area contributed by atoms with Crippen molar-refractivity contribution in [3.8, 4) is 22.3 Å². The highest BCUT2D eigenvalue weighted by atomic mass is 16.3. The first-order valence-electron chi connectivity index (χ1n) is 24.3. The summed E-state index contributed by atoms with van der Waals surface area (Å²) in [6.07, 6.45) is 0. The Morgan fingerprint density at radius 3 is 1.38 bits per heavy atom. The van der Waals surface area contributed by atoms with Crippen molar-refractivity contribution in [2.75, 3.05) is 9.80 Å². The number of nitrogens with zero attached hydrogens (tertiary/aromatic N) is 2. The van der Waals surface area contributed by atoms with Crippen molar-refractivity contribution in [2.45, 2.75) is 0 Å². The maximum atomic E-state index is 6.85. The molecule has 0 aliphatic heterocycles. The van der Waals surface area contributed by atoms with Crippen LogP contribution < -0.4 is 9.80 Å². The third-order valence-electron chi connectivity index (χ3n) is 14.4. The van der Waals surface area contributed by atoms with Crippen LogP contribution in [-0.2, 0) is 0 Å². The standard InChI is InChI=1S/C68H44N2O/c1-4-20-45(21-5-1)46-36-39-50(40-37-46)69(48-23-6-2-7-24-48)68-59-34-18-16-32-56(59)65(57-33-17-19-35-60(57)68)58-41-42-61(53-29-13-12-28-52(53)58)70(49-25-8-3-9-26-49)62-44-64-67(55-31-15-14-30-54(55)62)66-51-27-11-10-22-47(51)38-43-63(66)71-64/h1-44H. The van der Waals surface area contributed by atoms with Crippen LogP contribution in [0.5, 0.6) is 0 Å². The maximum Gasteiger partial charge on any atom is 0.138 e. The van der Waals surface area contributed by atoms with Crippen molar-refractivity contribution in [3.05, 3.63) is 267 Å². The van der Waals surface area contributed by atoms with Crippen LogP contribution in [0.15, 0.2) is 271 Å². The van der Waals surface area contributed by atoms with Crippen molar-refractivity contribution < 1.29 is 4.42 Å². The Balaban J connectivity index is 1.00. The second-order valence-corrected chi connectivity index (χ2v) is 18.3. The number of rotatable bonds is 8. The molecule has 0 bridgehead atoms. The van der Waals surface area contributed by atoms with Gasteiger partial charge >= 0.3 is 0 Å². The topological polar surface area (TPSA) is 19.6 Å². The lowest BCUT2D eigenvalue weighted by Crippen LogP contribution is -2.12. The minimum absolute atomic E-state index is 0.863. The number of fused-ring (bicyclic) bond motifs is 10. The molecular weight excluding hydrogens is 861 g/mol. The molecule has 0 spiro atoms. The normalized spacial score (nSPS) is 11.7. The molecule has 0 saturated carbocycles. The quantitative estimate of drug-likeness (QED) is 0.142. The first kappa shape index (κ1) is 40.6. The van der Waals surface area contributed by atoms with E-state index in [0.717, 1.165) is 72.2 Å². The van der Waals surface area contributed by atoms with E-state index in [1.54, 1.807) is 0 Å². The zero-order valence-corrected chi connectivity index (χ0v) is 38.7. The first-order chi connectivity index (χ1) is 35.3. The van der Waals surface area contributed by atoms with Crippen molar-refractivity contribution >= 4 is 110 Å². The SMILES string of the molecule is c1ccc(-c2ccc(N(c3ccccc3)c3c4ccccc4c(-c4ccc(N(c5ccccc5)c5cc6oc7ccc8ccccc8c7c6c6ccccc56)c5ccccc45)c4ccccc34)cc2)cc1. The van der Waals surface area contributed by atoms with E-state index >= 15 is 0 Å². The van der Waals surface area contributed by atoms with Gasteiger partial charge in [0.2, 0.25) is 0 Å². The van der Waals surface area contributed by atoms with Gasteiger partial charge in [-0.2, -0.15) is 0 Å². The minimum Gasteiger partial charge on any atom is -0.456 e. The second-order valence-electron chi connectivity index (χ2n) is 18.3. The Bertz CT molecular complexity index is 4280. The van der Waals surface area contributed by atoms with Crippen LogP contribution in [0.3, 0.4) is 0 Å². The molecule has 0 aliphatic carbocycles. The summed E-state index contributed by atoms with van der Waals surface area (Å²) in [5.41, 5.74) is 13.1. The molecule has 0 fully saturated rings. The van der Waals surface area contributed by atoms with E-state index in [-0.39, 0.29) is 0 Å². The summed E-state index contributed by atoms with van der Waals surface area (Å²) < 4.78 is 6.85. The second kappa shape index (κ2) is 16.7. The lowest BCUT2D eigenvalue weighted by molar-refractivity contribution is 0.669. The fourth-order valence-corrected chi connectivity index (χ4v) is 11.3. The molecule has 0 saturated heterocycles. The number of hydrogen-bond donors (Lipinski definition) is 0. The number of hydrogen-bond acceptors (Lipinski definition) is 3. The predicted octanol–water partition coefficient (Wildman–Crippen LogP) is 19.6. The van der Waals surface area contributed by atoms with Gasteiger partial charge in [0.25, 0.3) is 0 Å². The van der Waals surface area contributed by atoms with Crippen LogP contribution in [0.25, 0.3) is 98.1 Å². The molecular formula is C68H44N2O. The first-order valence-corrected chi connectivity index (χ1v) is 24.3.